The van der Waals surface area contributed by atoms with Crippen LogP contribution in [-0.2, 0) is 9.53 Å². The van der Waals surface area contributed by atoms with E-state index in [-0.39, 0.29) is 30.0 Å². The molecule has 144 valence electrons. The molecule has 1 aliphatic rings. The van der Waals surface area contributed by atoms with E-state index in [2.05, 4.69) is 26.1 Å². The van der Waals surface area contributed by atoms with E-state index in [0.717, 1.165) is 12.8 Å². The number of anilines is 1. The molecule has 1 fully saturated rings. The number of hydrogen-bond donors (Lipinski definition) is 1. The lowest BCUT2D eigenvalue weighted by molar-refractivity contribution is -0.384. The summed E-state index contributed by atoms with van der Waals surface area (Å²) in [4.78, 5) is 22.9. The molecular weight excluding hydrogens is 336 g/mol. The quantitative estimate of drug-likeness (QED) is 0.583. The Balaban J connectivity index is 1.99. The van der Waals surface area contributed by atoms with Gasteiger partial charge in [0.2, 0.25) is 0 Å². The maximum absolute atomic E-state index is 12.3. The zero-order valence-corrected chi connectivity index (χ0v) is 15.9. The van der Waals surface area contributed by atoms with Crippen molar-refractivity contribution in [2.24, 2.45) is 17.8 Å². The molecule has 1 aliphatic carbocycles. The van der Waals surface area contributed by atoms with Gasteiger partial charge in [0.25, 0.3) is 11.6 Å². The van der Waals surface area contributed by atoms with Crippen molar-refractivity contribution >= 4 is 17.3 Å². The number of nitrogens with zero attached hydrogens (tertiary/aromatic N) is 1. The molecule has 0 saturated heterocycles. The molecule has 0 bridgehead atoms. The van der Waals surface area contributed by atoms with Gasteiger partial charge < -0.3 is 14.8 Å². The molecule has 7 nitrogen and oxygen atoms in total. The minimum Gasteiger partial charge on any atom is -0.496 e. The number of hydrogen-bond acceptors (Lipinski definition) is 5. The number of carbonyl (C=O) groups is 1. The highest BCUT2D eigenvalue weighted by atomic mass is 16.6. The molecule has 1 N–H and O–H groups in total. The second kappa shape index (κ2) is 8.98. The van der Waals surface area contributed by atoms with E-state index >= 15 is 0 Å². The van der Waals surface area contributed by atoms with Gasteiger partial charge in [-0.3, -0.25) is 14.9 Å². The van der Waals surface area contributed by atoms with Gasteiger partial charge in [-0.05, 0) is 42.7 Å². The number of ether oxygens (including phenoxy) is 2. The van der Waals surface area contributed by atoms with Crippen LogP contribution in [0.15, 0.2) is 18.2 Å². The highest BCUT2D eigenvalue weighted by Crippen LogP contribution is 2.35. The van der Waals surface area contributed by atoms with Crippen LogP contribution < -0.4 is 10.1 Å². The summed E-state index contributed by atoms with van der Waals surface area (Å²) in [6, 6.07) is 4.32. The fourth-order valence-electron chi connectivity index (χ4n) is 3.57. The van der Waals surface area contributed by atoms with Crippen molar-refractivity contribution in [2.75, 3.05) is 19.0 Å². The van der Waals surface area contributed by atoms with Gasteiger partial charge in [-0.1, -0.05) is 27.2 Å². The molecule has 0 unspecified atom stereocenters. The fraction of sp³-hybridized carbons (Fsp3) is 0.632. The van der Waals surface area contributed by atoms with Crippen molar-refractivity contribution in [2.45, 2.75) is 46.1 Å². The fourth-order valence-corrected chi connectivity index (χ4v) is 3.57. The van der Waals surface area contributed by atoms with Crippen molar-refractivity contribution in [3.63, 3.8) is 0 Å². The van der Waals surface area contributed by atoms with Gasteiger partial charge in [0.1, 0.15) is 18.0 Å². The first-order chi connectivity index (χ1) is 12.3. The van der Waals surface area contributed by atoms with Crippen molar-refractivity contribution in [3.8, 4) is 5.75 Å². The highest BCUT2D eigenvalue weighted by molar-refractivity contribution is 5.94. The largest absolute Gasteiger partial charge is 0.496 e. The molecule has 26 heavy (non-hydrogen) atoms. The number of amides is 1. The Bertz CT molecular complexity index is 647. The number of carbonyl (C=O) groups excluding carboxylic acids is 1. The van der Waals surface area contributed by atoms with Gasteiger partial charge in [0.05, 0.1) is 24.2 Å². The van der Waals surface area contributed by atoms with Crippen LogP contribution in [0, 0.1) is 27.9 Å². The second-order valence-electron chi connectivity index (χ2n) is 7.36. The minimum absolute atomic E-state index is 0.0513. The average molecular weight is 364 g/mol. The van der Waals surface area contributed by atoms with E-state index in [4.69, 9.17) is 9.47 Å². The molecule has 0 heterocycles. The van der Waals surface area contributed by atoms with Crippen LogP contribution >= 0.6 is 0 Å². The van der Waals surface area contributed by atoms with Crippen LogP contribution in [0.25, 0.3) is 0 Å². The molecule has 0 spiro atoms. The first kappa shape index (κ1) is 20.2. The molecule has 3 atom stereocenters. The van der Waals surface area contributed by atoms with Gasteiger partial charge in [0.15, 0.2) is 0 Å². The van der Waals surface area contributed by atoms with E-state index in [1.54, 1.807) is 6.07 Å². The van der Waals surface area contributed by atoms with Crippen LogP contribution in [0.4, 0.5) is 11.4 Å². The SMILES string of the molecule is COc1ccc(NC(=O)CO[C@@H]2C[C@H](C)CC[C@H]2C(C)C)c([N+](=O)[O-])c1. The maximum Gasteiger partial charge on any atom is 0.296 e. The van der Waals surface area contributed by atoms with Crippen molar-refractivity contribution in [1.82, 2.24) is 0 Å². The number of rotatable bonds is 7. The standard InChI is InChI=1S/C19H28N2O5/c1-12(2)15-7-5-13(3)9-18(15)26-11-19(22)20-16-8-6-14(25-4)10-17(16)21(23)24/h6,8,10,12-13,15,18H,5,7,9,11H2,1-4H3,(H,20,22)/t13-,15+,18-/m1/s1. The summed E-state index contributed by atoms with van der Waals surface area (Å²) < 4.78 is 10.9. The van der Waals surface area contributed by atoms with E-state index in [1.807, 2.05) is 0 Å². The first-order valence-corrected chi connectivity index (χ1v) is 9.05. The summed E-state index contributed by atoms with van der Waals surface area (Å²) in [6.45, 7) is 6.45. The van der Waals surface area contributed by atoms with Crippen molar-refractivity contribution in [1.29, 1.82) is 0 Å². The molecular formula is C19H28N2O5. The van der Waals surface area contributed by atoms with Crippen LogP contribution in [0.3, 0.4) is 0 Å². The lowest BCUT2D eigenvalue weighted by Gasteiger charge is -2.37. The zero-order chi connectivity index (χ0) is 19.3. The molecule has 1 aromatic rings. The Hall–Kier alpha value is -2.15. The van der Waals surface area contributed by atoms with E-state index in [9.17, 15) is 14.9 Å². The number of benzene rings is 1. The summed E-state index contributed by atoms with van der Waals surface area (Å²) in [5.41, 5.74) is -0.0640. The predicted octanol–water partition coefficient (Wildman–Crippen LogP) is 4.02. The Labute approximate surface area is 154 Å². The summed E-state index contributed by atoms with van der Waals surface area (Å²) in [6.07, 6.45) is 3.29. The molecule has 2 rings (SSSR count). The van der Waals surface area contributed by atoms with E-state index < -0.39 is 4.92 Å². The Morgan fingerprint density at radius 1 is 1.38 bits per heavy atom. The monoisotopic (exact) mass is 364 g/mol. The molecule has 1 saturated carbocycles. The minimum atomic E-state index is -0.545. The highest BCUT2D eigenvalue weighted by Gasteiger charge is 2.31. The summed E-state index contributed by atoms with van der Waals surface area (Å²) in [5.74, 6) is 1.49. The third kappa shape index (κ3) is 5.17. The summed E-state index contributed by atoms with van der Waals surface area (Å²) >= 11 is 0. The van der Waals surface area contributed by atoms with Crippen LogP contribution in [0.2, 0.25) is 0 Å². The molecule has 1 aromatic carbocycles. The van der Waals surface area contributed by atoms with Crippen LogP contribution in [0.1, 0.15) is 40.0 Å². The van der Waals surface area contributed by atoms with Crippen LogP contribution in [-0.4, -0.2) is 30.7 Å². The molecule has 7 heteroatoms. The lowest BCUT2D eigenvalue weighted by atomic mass is 9.75. The third-order valence-electron chi connectivity index (χ3n) is 5.07. The molecule has 0 radical (unpaired) electrons. The Morgan fingerprint density at radius 3 is 2.73 bits per heavy atom. The smallest absolute Gasteiger partial charge is 0.296 e. The second-order valence-corrected chi connectivity index (χ2v) is 7.36. The number of nitro groups is 1. The van der Waals surface area contributed by atoms with Gasteiger partial charge in [-0.2, -0.15) is 0 Å². The Kier molecular flexibility index (Phi) is 6.97. The van der Waals surface area contributed by atoms with Gasteiger partial charge in [-0.15, -0.1) is 0 Å². The van der Waals surface area contributed by atoms with Crippen molar-refractivity contribution in [3.05, 3.63) is 28.3 Å². The Morgan fingerprint density at radius 2 is 2.12 bits per heavy atom. The van der Waals surface area contributed by atoms with Gasteiger partial charge in [0, 0.05) is 0 Å². The molecule has 0 aromatic heterocycles. The lowest BCUT2D eigenvalue weighted by Crippen LogP contribution is -2.36. The predicted molar refractivity (Wildman–Crippen MR) is 99.4 cm³/mol. The third-order valence-corrected chi connectivity index (χ3v) is 5.07. The average Bonchev–Trinajstić information content (AvgIpc) is 2.59. The zero-order valence-electron chi connectivity index (χ0n) is 15.9. The number of nitrogens with one attached hydrogen (secondary N) is 1. The van der Waals surface area contributed by atoms with Gasteiger partial charge >= 0.3 is 0 Å². The first-order valence-electron chi connectivity index (χ1n) is 9.05. The normalized spacial score (nSPS) is 22.9. The van der Waals surface area contributed by atoms with Gasteiger partial charge in [-0.25, -0.2) is 0 Å². The molecule has 1 amide bonds. The summed E-state index contributed by atoms with van der Waals surface area (Å²) in [7, 11) is 1.43. The molecule has 0 aliphatic heterocycles. The van der Waals surface area contributed by atoms with Crippen LogP contribution in [0.5, 0.6) is 5.75 Å². The van der Waals surface area contributed by atoms with E-state index in [1.165, 1.54) is 25.7 Å². The number of methoxy groups -OCH3 is 1. The topological polar surface area (TPSA) is 90.7 Å². The maximum atomic E-state index is 12.3. The number of nitro benzene ring substituents is 1. The summed E-state index contributed by atoms with van der Waals surface area (Å²) in [5, 5.41) is 13.8. The van der Waals surface area contributed by atoms with E-state index in [0.29, 0.717) is 23.5 Å². The van der Waals surface area contributed by atoms with Crippen molar-refractivity contribution < 1.29 is 19.2 Å².